The largest absolute Gasteiger partial charge is 0.335 e. The molecular formula is C17H21N5O2S. The van der Waals surface area contributed by atoms with Gasteiger partial charge in [0.15, 0.2) is 5.16 Å². The number of nitrogens with zero attached hydrogens (tertiary/aromatic N) is 3. The number of carbonyl (C=O) groups is 2. The number of rotatable bonds is 6. The highest BCUT2D eigenvalue weighted by atomic mass is 32.2. The molecule has 7 nitrogen and oxygen atoms in total. The average Bonchev–Trinajstić information content (AvgIpc) is 3.34. The van der Waals surface area contributed by atoms with E-state index in [1.807, 2.05) is 41.8 Å². The van der Waals surface area contributed by atoms with Crippen LogP contribution in [-0.2, 0) is 11.3 Å². The summed E-state index contributed by atoms with van der Waals surface area (Å²) < 4.78 is 1.97. The number of aryl methyl sites for hydroxylation is 1. The first kappa shape index (κ1) is 17.5. The molecular weight excluding hydrogens is 338 g/mol. The topological polar surface area (TPSA) is 88.9 Å². The molecule has 1 atom stereocenters. The Morgan fingerprint density at radius 2 is 2.00 bits per heavy atom. The lowest BCUT2D eigenvalue weighted by atomic mass is 10.2. The third-order valence-electron chi connectivity index (χ3n) is 3.89. The van der Waals surface area contributed by atoms with Gasteiger partial charge in [-0.3, -0.25) is 10.1 Å². The zero-order chi connectivity index (χ0) is 17.8. The molecule has 1 aromatic carbocycles. The van der Waals surface area contributed by atoms with Crippen LogP contribution in [0.1, 0.15) is 31.2 Å². The molecule has 0 saturated heterocycles. The van der Waals surface area contributed by atoms with Gasteiger partial charge in [0.25, 0.3) is 0 Å². The van der Waals surface area contributed by atoms with Crippen molar-refractivity contribution in [3.8, 4) is 0 Å². The van der Waals surface area contributed by atoms with Crippen LogP contribution in [0.3, 0.4) is 0 Å². The average molecular weight is 359 g/mol. The lowest BCUT2D eigenvalue weighted by Crippen LogP contribution is -2.43. The van der Waals surface area contributed by atoms with E-state index in [1.165, 1.54) is 11.8 Å². The van der Waals surface area contributed by atoms with Gasteiger partial charge in [-0.25, -0.2) is 4.79 Å². The maximum absolute atomic E-state index is 12.2. The van der Waals surface area contributed by atoms with Crippen molar-refractivity contribution < 1.29 is 9.59 Å². The molecule has 0 radical (unpaired) electrons. The van der Waals surface area contributed by atoms with E-state index in [2.05, 4.69) is 20.8 Å². The van der Waals surface area contributed by atoms with E-state index in [0.29, 0.717) is 11.7 Å². The monoisotopic (exact) mass is 359 g/mol. The van der Waals surface area contributed by atoms with E-state index in [0.717, 1.165) is 24.2 Å². The van der Waals surface area contributed by atoms with Crippen LogP contribution in [0.4, 0.5) is 4.79 Å². The molecule has 1 aromatic heterocycles. The Labute approximate surface area is 150 Å². The van der Waals surface area contributed by atoms with Crippen LogP contribution in [0.25, 0.3) is 0 Å². The summed E-state index contributed by atoms with van der Waals surface area (Å²) in [4.78, 5) is 23.9. The summed E-state index contributed by atoms with van der Waals surface area (Å²) in [6, 6.07) is 9.79. The highest BCUT2D eigenvalue weighted by Gasteiger charge is 2.26. The molecule has 1 aliphatic carbocycles. The molecule has 0 spiro atoms. The third-order valence-corrected chi connectivity index (χ3v) is 4.97. The fourth-order valence-electron chi connectivity index (χ4n) is 2.27. The van der Waals surface area contributed by atoms with Gasteiger partial charge in [-0.15, -0.1) is 10.2 Å². The van der Waals surface area contributed by atoms with Gasteiger partial charge in [0.05, 0.1) is 11.8 Å². The molecule has 0 bridgehead atoms. The summed E-state index contributed by atoms with van der Waals surface area (Å²) in [5.74, 6) is 0.445. The second kappa shape index (κ2) is 7.69. The van der Waals surface area contributed by atoms with Crippen LogP contribution in [0, 0.1) is 6.92 Å². The van der Waals surface area contributed by atoms with Gasteiger partial charge in [-0.2, -0.15) is 0 Å². The summed E-state index contributed by atoms with van der Waals surface area (Å²) in [6.07, 6.45) is 1.96. The lowest BCUT2D eigenvalue weighted by molar-refractivity contribution is -0.119. The number of amides is 3. The second-order valence-corrected chi connectivity index (χ2v) is 7.41. The zero-order valence-corrected chi connectivity index (χ0v) is 15.0. The summed E-state index contributed by atoms with van der Waals surface area (Å²) in [7, 11) is 0. The molecule has 1 saturated carbocycles. The zero-order valence-electron chi connectivity index (χ0n) is 14.2. The predicted molar refractivity (Wildman–Crippen MR) is 95.3 cm³/mol. The Hall–Kier alpha value is -2.35. The molecule has 3 amide bonds. The molecule has 8 heteroatoms. The third kappa shape index (κ3) is 4.82. The molecule has 1 fully saturated rings. The van der Waals surface area contributed by atoms with Gasteiger partial charge in [0.1, 0.15) is 5.82 Å². The number of thioether (sulfide) groups is 1. The Kier molecular flexibility index (Phi) is 5.37. The predicted octanol–water partition coefficient (Wildman–Crippen LogP) is 2.10. The Balaban J connectivity index is 1.61. The fourth-order valence-corrected chi connectivity index (χ4v) is 3.17. The van der Waals surface area contributed by atoms with Crippen molar-refractivity contribution in [1.29, 1.82) is 0 Å². The molecule has 1 unspecified atom stereocenters. The molecule has 1 heterocycles. The molecule has 1 aliphatic rings. The van der Waals surface area contributed by atoms with Crippen molar-refractivity contribution in [2.45, 2.75) is 49.7 Å². The van der Waals surface area contributed by atoms with Crippen LogP contribution in [0.2, 0.25) is 0 Å². The highest BCUT2D eigenvalue weighted by molar-refractivity contribution is 8.00. The maximum Gasteiger partial charge on any atom is 0.321 e. The molecule has 2 N–H and O–H groups in total. The quantitative estimate of drug-likeness (QED) is 0.771. The van der Waals surface area contributed by atoms with Gasteiger partial charge < -0.3 is 9.88 Å². The smallest absolute Gasteiger partial charge is 0.321 e. The van der Waals surface area contributed by atoms with Gasteiger partial charge in [0.2, 0.25) is 5.91 Å². The number of benzene rings is 1. The number of aromatic nitrogens is 3. The van der Waals surface area contributed by atoms with Crippen molar-refractivity contribution in [3.05, 3.63) is 41.7 Å². The molecule has 0 aliphatic heterocycles. The van der Waals surface area contributed by atoms with E-state index in [9.17, 15) is 9.59 Å². The van der Waals surface area contributed by atoms with Crippen molar-refractivity contribution in [3.63, 3.8) is 0 Å². The number of imide groups is 1. The van der Waals surface area contributed by atoms with Crippen LogP contribution >= 0.6 is 11.8 Å². The fraction of sp³-hybridized carbons (Fsp3) is 0.412. The van der Waals surface area contributed by atoms with Gasteiger partial charge in [-0.1, -0.05) is 42.1 Å². The summed E-state index contributed by atoms with van der Waals surface area (Å²) in [5, 5.41) is 13.6. The minimum absolute atomic E-state index is 0.215. The number of urea groups is 1. The Morgan fingerprint density at radius 1 is 1.28 bits per heavy atom. The Bertz CT molecular complexity index is 758. The van der Waals surface area contributed by atoms with E-state index >= 15 is 0 Å². The summed E-state index contributed by atoms with van der Waals surface area (Å²) in [6.45, 7) is 4.27. The van der Waals surface area contributed by atoms with Crippen LogP contribution in [-0.4, -0.2) is 38.0 Å². The van der Waals surface area contributed by atoms with Crippen molar-refractivity contribution in [2.24, 2.45) is 0 Å². The molecule has 132 valence electrons. The van der Waals surface area contributed by atoms with Crippen molar-refractivity contribution >= 4 is 23.7 Å². The van der Waals surface area contributed by atoms with Crippen LogP contribution < -0.4 is 10.6 Å². The molecule has 25 heavy (non-hydrogen) atoms. The first-order valence-corrected chi connectivity index (χ1v) is 9.12. The maximum atomic E-state index is 12.2. The van der Waals surface area contributed by atoms with E-state index in [-0.39, 0.29) is 11.9 Å². The first-order valence-electron chi connectivity index (χ1n) is 8.24. The van der Waals surface area contributed by atoms with Crippen LogP contribution in [0.15, 0.2) is 35.5 Å². The van der Waals surface area contributed by atoms with E-state index in [4.69, 9.17) is 0 Å². The standard InChI is InChI=1S/C17H21N5O2S/c1-11(15(23)19-16(24)18-14-8-9-14)25-17-21-20-12(2)22(17)10-13-6-4-3-5-7-13/h3-7,11,14H,8-10H2,1-2H3,(H2,18,19,23,24). The normalized spacial score (nSPS) is 14.8. The summed E-state index contributed by atoms with van der Waals surface area (Å²) >= 11 is 1.29. The Morgan fingerprint density at radius 3 is 2.68 bits per heavy atom. The van der Waals surface area contributed by atoms with Crippen LogP contribution in [0.5, 0.6) is 0 Å². The van der Waals surface area contributed by atoms with Gasteiger partial charge >= 0.3 is 6.03 Å². The van der Waals surface area contributed by atoms with Crippen molar-refractivity contribution in [2.75, 3.05) is 0 Å². The van der Waals surface area contributed by atoms with Crippen molar-refractivity contribution in [1.82, 2.24) is 25.4 Å². The van der Waals surface area contributed by atoms with E-state index in [1.54, 1.807) is 6.92 Å². The highest BCUT2D eigenvalue weighted by Crippen LogP contribution is 2.23. The van der Waals surface area contributed by atoms with Gasteiger partial charge in [0, 0.05) is 6.04 Å². The number of carbonyl (C=O) groups excluding carboxylic acids is 2. The van der Waals surface area contributed by atoms with E-state index < -0.39 is 11.3 Å². The minimum Gasteiger partial charge on any atom is -0.335 e. The SMILES string of the molecule is Cc1nnc(SC(C)C(=O)NC(=O)NC2CC2)n1Cc1ccccc1. The molecule has 3 rings (SSSR count). The number of hydrogen-bond acceptors (Lipinski definition) is 5. The lowest BCUT2D eigenvalue weighted by Gasteiger charge is -2.13. The number of hydrogen-bond donors (Lipinski definition) is 2. The second-order valence-electron chi connectivity index (χ2n) is 6.10. The first-order chi connectivity index (χ1) is 12.0. The molecule has 2 aromatic rings. The van der Waals surface area contributed by atoms with Gasteiger partial charge in [-0.05, 0) is 32.3 Å². The number of nitrogens with one attached hydrogen (secondary N) is 2. The summed E-state index contributed by atoms with van der Waals surface area (Å²) in [5.41, 5.74) is 1.13. The minimum atomic E-state index is -0.455.